The van der Waals surface area contributed by atoms with Gasteiger partial charge < -0.3 is 0 Å². The molecule has 0 radical (unpaired) electrons. The van der Waals surface area contributed by atoms with Crippen molar-refractivity contribution in [3.8, 4) is 0 Å². The fraction of sp³-hybridized carbons (Fsp3) is 0.500. The third kappa shape index (κ3) is 4.17. The molecule has 0 aliphatic heterocycles. The van der Waals surface area contributed by atoms with Gasteiger partial charge in [-0.1, -0.05) is 0 Å². The van der Waals surface area contributed by atoms with Gasteiger partial charge in [-0.3, -0.25) is 0 Å². The average Bonchev–Trinajstić information content (AvgIpc) is 1.36. The van der Waals surface area contributed by atoms with Gasteiger partial charge in [-0.15, -0.1) is 0 Å². The van der Waals surface area contributed by atoms with Crippen LogP contribution in [0.25, 0.3) is 0 Å². The minimum absolute atomic E-state index is 0.161. The molecule has 1 atom stereocenters. The number of amides is 1. The van der Waals surface area contributed by atoms with E-state index in [-0.39, 0.29) is 2.90 Å². The summed E-state index contributed by atoms with van der Waals surface area (Å²) in [4.78, 5) is 9.97. The van der Waals surface area contributed by atoms with Gasteiger partial charge in [-0.05, 0) is 0 Å². The van der Waals surface area contributed by atoms with E-state index in [1.54, 1.807) is 0 Å². The second-order valence-electron chi connectivity index (χ2n) is 1.02. The van der Waals surface area contributed by atoms with E-state index in [4.69, 9.17) is 5.73 Å². The zero-order valence-corrected chi connectivity index (χ0v) is 10.5. The summed E-state index contributed by atoms with van der Waals surface area (Å²) in [5.41, 5.74) is 4.84. The van der Waals surface area contributed by atoms with Gasteiger partial charge in [0.05, 0.1) is 0 Å². The molecular weight excluding hydrogens is 266 g/mol. The first-order chi connectivity index (χ1) is 2.64. The van der Waals surface area contributed by atoms with Gasteiger partial charge in [-0.25, -0.2) is 0 Å². The van der Waals surface area contributed by atoms with Crippen molar-refractivity contribution in [3.63, 3.8) is 0 Å². The van der Waals surface area contributed by atoms with Crippen molar-refractivity contribution in [2.24, 2.45) is 5.73 Å². The molecule has 6 heavy (non-hydrogen) atoms. The molecule has 0 aromatic rings. The van der Waals surface area contributed by atoms with Crippen molar-refractivity contribution in [1.29, 1.82) is 0 Å². The zero-order chi connectivity index (χ0) is 5.15. The van der Waals surface area contributed by atoms with Gasteiger partial charge in [0.15, 0.2) is 0 Å². The number of hydrogen-bond acceptors (Lipinski definition) is 1. The van der Waals surface area contributed by atoms with Gasteiger partial charge in [0.25, 0.3) is 0 Å². The molecule has 0 heterocycles. The number of carbonyl (C=O) groups is 1. The molecule has 0 saturated carbocycles. The summed E-state index contributed by atoms with van der Waals surface area (Å²) in [5, 5.41) is 0. The van der Waals surface area contributed by atoms with Crippen LogP contribution < -0.4 is 5.73 Å². The SMILES string of the molecule is NC(=O)[CH]([Rb])I. The Morgan fingerprint density at radius 1 is 2.00 bits per heavy atom. The van der Waals surface area contributed by atoms with Gasteiger partial charge in [0.1, 0.15) is 0 Å². The third-order valence-corrected chi connectivity index (χ3v) is 2.40. The van der Waals surface area contributed by atoms with Crippen LogP contribution in [-0.2, 0) is 4.79 Å². The number of alkyl halides is 1. The minimum atomic E-state index is -0.161. The van der Waals surface area contributed by atoms with Crippen molar-refractivity contribution in [1.82, 2.24) is 0 Å². The Morgan fingerprint density at radius 3 is 2.17 bits per heavy atom. The summed E-state index contributed by atoms with van der Waals surface area (Å²) in [6.07, 6.45) is 0. The number of rotatable bonds is 1. The van der Waals surface area contributed by atoms with Gasteiger partial charge in [0, 0.05) is 0 Å². The number of nitrogens with two attached hydrogens (primary N) is 1. The van der Waals surface area contributed by atoms with Crippen LogP contribution in [0.4, 0.5) is 0 Å². The van der Waals surface area contributed by atoms with Crippen molar-refractivity contribution in [3.05, 3.63) is 0 Å². The molecule has 0 bridgehead atoms. The molecule has 30 valence electrons. The third-order valence-electron chi connectivity index (χ3n) is 0.392. The maximum atomic E-state index is 9.97. The number of carbonyl (C=O) groups excluding carboxylic acids is 1. The molecule has 0 aromatic carbocycles. The summed E-state index contributed by atoms with van der Waals surface area (Å²) in [6, 6.07) is 0. The molecule has 2 N–H and O–H groups in total. The first-order valence-corrected chi connectivity index (χ1v) is 5.66. The van der Waals surface area contributed by atoms with Gasteiger partial charge >= 0.3 is 91.6 Å². The van der Waals surface area contributed by atoms with Crippen LogP contribution in [0.15, 0.2) is 0 Å². The number of halogens is 1. The Labute approximate surface area is 89.1 Å². The summed E-state index contributed by atoms with van der Waals surface area (Å²) >= 11 is 2.46. The first-order valence-electron chi connectivity index (χ1n) is 1.58. The molecule has 4 heteroatoms. The molecule has 0 saturated heterocycles. The predicted octanol–water partition coefficient (Wildman–Crippen LogP) is -0.599. The van der Waals surface area contributed by atoms with Crippen LogP contribution >= 0.6 is 22.6 Å². The molecule has 0 rings (SSSR count). The summed E-state index contributed by atoms with van der Waals surface area (Å²) < 4.78 is 0.171. The Balaban J connectivity index is 3.26. The van der Waals surface area contributed by atoms with Crippen molar-refractivity contribution in [2.75, 3.05) is 0 Å². The fourth-order valence-electron chi connectivity index (χ4n) is 0. The van der Waals surface area contributed by atoms with E-state index in [0.29, 0.717) is 55.5 Å². The van der Waals surface area contributed by atoms with Crippen LogP contribution in [-0.4, -0.2) is 58.4 Å². The fourth-order valence-corrected chi connectivity index (χ4v) is 0. The monoisotopic (exact) mass is 269 g/mol. The molecule has 0 fully saturated rings. The van der Waals surface area contributed by atoms with E-state index >= 15 is 0 Å². The molecule has 0 aromatic heterocycles. The van der Waals surface area contributed by atoms with Crippen molar-refractivity contribution >= 4 is 84.0 Å². The predicted molar refractivity (Wildman–Crippen MR) is 32.8 cm³/mol. The Morgan fingerprint density at radius 2 is 2.17 bits per heavy atom. The summed E-state index contributed by atoms with van der Waals surface area (Å²) in [7, 11) is 0. The Hall–Kier alpha value is 2.01. The second kappa shape index (κ2) is 3.94. The Kier molecular flexibility index (Phi) is 5.26. The second-order valence-corrected chi connectivity index (χ2v) is 11.5. The number of primary amides is 1. The first kappa shape index (κ1) is 8.01. The normalized spacial score (nSPS) is 13.8. The van der Waals surface area contributed by atoms with Crippen LogP contribution in [0.1, 0.15) is 0 Å². The van der Waals surface area contributed by atoms with Gasteiger partial charge in [0.2, 0.25) is 0 Å². The van der Waals surface area contributed by atoms with Crippen LogP contribution in [0.5, 0.6) is 0 Å². The van der Waals surface area contributed by atoms with Crippen molar-refractivity contribution in [2.45, 2.75) is -3.01 Å². The van der Waals surface area contributed by atoms with E-state index in [9.17, 15) is 4.79 Å². The molecule has 0 aliphatic carbocycles. The average molecular weight is 269 g/mol. The number of hydrogen-bond donors (Lipinski definition) is 1. The zero-order valence-electron chi connectivity index (χ0n) is 3.44. The molecular formula is C2H3INORb. The Bertz CT molecular complexity index is 64.6. The van der Waals surface area contributed by atoms with Crippen LogP contribution in [0.3, 0.4) is 0 Å². The summed E-state index contributed by atoms with van der Waals surface area (Å²) in [5.74, 6) is -0.161. The quantitative estimate of drug-likeness (QED) is 0.501. The van der Waals surface area contributed by atoms with E-state index in [0.717, 1.165) is 0 Å². The molecule has 2 nitrogen and oxygen atoms in total. The molecule has 1 amide bonds. The molecule has 0 aliphatic rings. The van der Waals surface area contributed by atoms with E-state index < -0.39 is 0 Å². The van der Waals surface area contributed by atoms with Crippen LogP contribution in [0.2, 0.25) is 0 Å². The molecule has 1 unspecified atom stereocenters. The summed E-state index contributed by atoms with van der Waals surface area (Å²) in [6.45, 7) is 0. The van der Waals surface area contributed by atoms with Crippen LogP contribution in [0, 0.1) is 0 Å². The van der Waals surface area contributed by atoms with E-state index in [2.05, 4.69) is 22.6 Å². The van der Waals surface area contributed by atoms with E-state index in [1.807, 2.05) is 0 Å². The van der Waals surface area contributed by atoms with E-state index in [1.165, 1.54) is 0 Å². The van der Waals surface area contributed by atoms with Gasteiger partial charge in [-0.2, -0.15) is 0 Å². The maximum absolute atomic E-state index is 9.97. The molecule has 0 spiro atoms. The topological polar surface area (TPSA) is 43.1 Å². The van der Waals surface area contributed by atoms with Crippen molar-refractivity contribution < 1.29 is 4.79 Å². The standard InChI is InChI=1S/C2H3INO.Rb/c3-1-2(4)5;/h1H,(H2,4,5);.